The fourth-order valence-electron chi connectivity index (χ4n) is 1.61. The summed E-state index contributed by atoms with van der Waals surface area (Å²) in [6, 6.07) is 10.2. The quantitative estimate of drug-likeness (QED) is 0.824. The van der Waals surface area contributed by atoms with E-state index >= 15 is 0 Å². The normalized spacial score (nSPS) is 12.7. The third kappa shape index (κ3) is 2.25. The van der Waals surface area contributed by atoms with E-state index in [1.165, 1.54) is 0 Å². The Morgan fingerprint density at radius 3 is 2.67 bits per heavy atom. The van der Waals surface area contributed by atoms with E-state index in [1.807, 2.05) is 31.3 Å². The summed E-state index contributed by atoms with van der Waals surface area (Å²) < 4.78 is 2.07. The van der Waals surface area contributed by atoms with Gasteiger partial charge in [0.1, 0.15) is 5.82 Å². The second-order valence-corrected chi connectivity index (χ2v) is 3.64. The highest BCUT2D eigenvalue weighted by atomic mass is 15.1. The number of hydrogen-bond donors (Lipinski definition) is 1. The standard InChI is InChI=1S/C12H15N3/c1-10-14-7-8-15(10)9-12(13)11-5-3-2-4-6-11/h2-8,12H,9,13H2,1H3. The number of imidazole rings is 1. The molecule has 0 aliphatic rings. The SMILES string of the molecule is Cc1nccn1CC(N)c1ccccc1. The van der Waals surface area contributed by atoms with Crippen LogP contribution in [-0.2, 0) is 6.54 Å². The Morgan fingerprint density at radius 1 is 1.33 bits per heavy atom. The minimum Gasteiger partial charge on any atom is -0.333 e. The molecule has 0 saturated heterocycles. The van der Waals surface area contributed by atoms with Crippen LogP contribution in [0.5, 0.6) is 0 Å². The molecule has 3 nitrogen and oxygen atoms in total. The van der Waals surface area contributed by atoms with Gasteiger partial charge in [-0.15, -0.1) is 0 Å². The van der Waals surface area contributed by atoms with Crippen LogP contribution < -0.4 is 5.73 Å². The molecular weight excluding hydrogens is 186 g/mol. The first-order valence-corrected chi connectivity index (χ1v) is 5.05. The summed E-state index contributed by atoms with van der Waals surface area (Å²) in [5, 5.41) is 0. The van der Waals surface area contributed by atoms with E-state index in [2.05, 4.69) is 21.7 Å². The molecule has 0 saturated carbocycles. The molecule has 2 N–H and O–H groups in total. The zero-order valence-electron chi connectivity index (χ0n) is 8.80. The van der Waals surface area contributed by atoms with Crippen molar-refractivity contribution in [2.24, 2.45) is 5.73 Å². The Bertz CT molecular complexity index is 419. The van der Waals surface area contributed by atoms with Crippen molar-refractivity contribution in [2.75, 3.05) is 0 Å². The molecule has 0 radical (unpaired) electrons. The monoisotopic (exact) mass is 201 g/mol. The highest BCUT2D eigenvalue weighted by Crippen LogP contribution is 2.12. The van der Waals surface area contributed by atoms with E-state index in [-0.39, 0.29) is 6.04 Å². The lowest BCUT2D eigenvalue weighted by atomic mass is 10.1. The predicted molar refractivity (Wildman–Crippen MR) is 60.3 cm³/mol. The van der Waals surface area contributed by atoms with Crippen molar-refractivity contribution in [3.05, 3.63) is 54.1 Å². The minimum absolute atomic E-state index is 0.0269. The fourth-order valence-corrected chi connectivity index (χ4v) is 1.61. The Hall–Kier alpha value is -1.61. The van der Waals surface area contributed by atoms with Crippen molar-refractivity contribution in [3.8, 4) is 0 Å². The number of benzene rings is 1. The van der Waals surface area contributed by atoms with Gasteiger partial charge in [0, 0.05) is 25.0 Å². The molecule has 1 heterocycles. The zero-order valence-corrected chi connectivity index (χ0v) is 8.80. The molecule has 0 aliphatic carbocycles. The lowest BCUT2D eigenvalue weighted by Crippen LogP contribution is -2.17. The van der Waals surface area contributed by atoms with Crippen LogP contribution >= 0.6 is 0 Å². The fraction of sp³-hybridized carbons (Fsp3) is 0.250. The third-order valence-corrected chi connectivity index (χ3v) is 2.54. The van der Waals surface area contributed by atoms with Crippen LogP contribution in [0.3, 0.4) is 0 Å². The number of rotatable bonds is 3. The molecule has 0 aliphatic heterocycles. The molecule has 2 aromatic rings. The van der Waals surface area contributed by atoms with Crippen molar-refractivity contribution in [1.82, 2.24) is 9.55 Å². The highest BCUT2D eigenvalue weighted by Gasteiger charge is 2.06. The number of nitrogens with zero attached hydrogens (tertiary/aromatic N) is 2. The molecular formula is C12H15N3. The van der Waals surface area contributed by atoms with Gasteiger partial charge in [0.05, 0.1) is 0 Å². The molecule has 15 heavy (non-hydrogen) atoms. The van der Waals surface area contributed by atoms with E-state index in [9.17, 15) is 0 Å². The van der Waals surface area contributed by atoms with Crippen molar-refractivity contribution in [3.63, 3.8) is 0 Å². The average Bonchev–Trinajstić information content (AvgIpc) is 2.66. The Morgan fingerprint density at radius 2 is 2.07 bits per heavy atom. The van der Waals surface area contributed by atoms with Crippen LogP contribution in [0.2, 0.25) is 0 Å². The number of aromatic nitrogens is 2. The third-order valence-electron chi connectivity index (χ3n) is 2.54. The van der Waals surface area contributed by atoms with Gasteiger partial charge in [0.25, 0.3) is 0 Å². The largest absolute Gasteiger partial charge is 0.333 e. The Kier molecular flexibility index (Phi) is 2.83. The van der Waals surface area contributed by atoms with Crippen molar-refractivity contribution in [1.29, 1.82) is 0 Å². The molecule has 0 spiro atoms. The van der Waals surface area contributed by atoms with Crippen LogP contribution in [0, 0.1) is 6.92 Å². The smallest absolute Gasteiger partial charge is 0.105 e. The molecule has 1 aromatic heterocycles. The average molecular weight is 201 g/mol. The maximum atomic E-state index is 6.11. The molecule has 2 rings (SSSR count). The first-order chi connectivity index (χ1) is 7.27. The first kappa shape index (κ1) is 9.93. The van der Waals surface area contributed by atoms with E-state index in [0.717, 1.165) is 17.9 Å². The Balaban J connectivity index is 2.11. The van der Waals surface area contributed by atoms with Gasteiger partial charge in [-0.2, -0.15) is 0 Å². The zero-order chi connectivity index (χ0) is 10.7. The van der Waals surface area contributed by atoms with Gasteiger partial charge in [-0.25, -0.2) is 4.98 Å². The van der Waals surface area contributed by atoms with E-state index in [0.29, 0.717) is 0 Å². The molecule has 0 fully saturated rings. The van der Waals surface area contributed by atoms with Crippen LogP contribution in [0.1, 0.15) is 17.4 Å². The summed E-state index contributed by atoms with van der Waals surface area (Å²) in [7, 11) is 0. The summed E-state index contributed by atoms with van der Waals surface area (Å²) in [6.45, 7) is 2.76. The second kappa shape index (κ2) is 4.28. The van der Waals surface area contributed by atoms with E-state index < -0.39 is 0 Å². The summed E-state index contributed by atoms with van der Waals surface area (Å²) in [5.41, 5.74) is 7.26. The summed E-state index contributed by atoms with van der Waals surface area (Å²) >= 11 is 0. The van der Waals surface area contributed by atoms with Crippen LogP contribution in [0.25, 0.3) is 0 Å². The Labute approximate surface area is 89.6 Å². The van der Waals surface area contributed by atoms with E-state index in [4.69, 9.17) is 5.73 Å². The van der Waals surface area contributed by atoms with Crippen molar-refractivity contribution >= 4 is 0 Å². The molecule has 0 bridgehead atoms. The maximum absolute atomic E-state index is 6.11. The molecule has 1 aromatic carbocycles. The van der Waals surface area contributed by atoms with Gasteiger partial charge in [-0.1, -0.05) is 30.3 Å². The lowest BCUT2D eigenvalue weighted by Gasteiger charge is -2.13. The lowest BCUT2D eigenvalue weighted by molar-refractivity contribution is 0.565. The van der Waals surface area contributed by atoms with Crippen LogP contribution in [0.15, 0.2) is 42.7 Å². The van der Waals surface area contributed by atoms with Crippen molar-refractivity contribution < 1.29 is 0 Å². The number of nitrogens with two attached hydrogens (primary N) is 1. The number of aryl methyl sites for hydroxylation is 1. The molecule has 78 valence electrons. The highest BCUT2D eigenvalue weighted by molar-refractivity contribution is 5.18. The second-order valence-electron chi connectivity index (χ2n) is 3.64. The van der Waals surface area contributed by atoms with Gasteiger partial charge < -0.3 is 10.3 Å². The summed E-state index contributed by atoms with van der Waals surface area (Å²) in [5.74, 6) is 1.00. The molecule has 1 unspecified atom stereocenters. The van der Waals surface area contributed by atoms with Gasteiger partial charge in [-0.05, 0) is 12.5 Å². The first-order valence-electron chi connectivity index (χ1n) is 5.05. The summed E-state index contributed by atoms with van der Waals surface area (Å²) in [4.78, 5) is 4.17. The van der Waals surface area contributed by atoms with Crippen LogP contribution in [-0.4, -0.2) is 9.55 Å². The summed E-state index contributed by atoms with van der Waals surface area (Å²) in [6.07, 6.45) is 3.76. The predicted octanol–water partition coefficient (Wildman–Crippen LogP) is 1.89. The molecule has 1 atom stereocenters. The van der Waals surface area contributed by atoms with Gasteiger partial charge in [-0.3, -0.25) is 0 Å². The number of hydrogen-bond acceptors (Lipinski definition) is 2. The van der Waals surface area contributed by atoms with Gasteiger partial charge in [0.15, 0.2) is 0 Å². The molecule has 0 amide bonds. The van der Waals surface area contributed by atoms with Crippen LogP contribution in [0.4, 0.5) is 0 Å². The topological polar surface area (TPSA) is 43.8 Å². The van der Waals surface area contributed by atoms with Crippen molar-refractivity contribution in [2.45, 2.75) is 19.5 Å². The van der Waals surface area contributed by atoms with Gasteiger partial charge >= 0.3 is 0 Å². The van der Waals surface area contributed by atoms with E-state index in [1.54, 1.807) is 6.20 Å². The minimum atomic E-state index is 0.0269. The van der Waals surface area contributed by atoms with Gasteiger partial charge in [0.2, 0.25) is 0 Å². The molecule has 3 heteroatoms. The maximum Gasteiger partial charge on any atom is 0.105 e.